The maximum Gasteiger partial charge on any atom is 0.323 e. The van der Waals surface area contributed by atoms with Crippen molar-refractivity contribution in [3.8, 4) is 0 Å². The summed E-state index contributed by atoms with van der Waals surface area (Å²) in [6.45, 7) is 1.73. The molecule has 0 aliphatic heterocycles. The van der Waals surface area contributed by atoms with Gasteiger partial charge in [0.05, 0.1) is 6.04 Å². The van der Waals surface area contributed by atoms with Gasteiger partial charge in [-0.25, -0.2) is 0 Å². The van der Waals surface area contributed by atoms with Gasteiger partial charge in [-0.1, -0.05) is 5.11 Å². The maximum absolute atomic E-state index is 10.8. The molecule has 7 nitrogen and oxygen atoms in total. The van der Waals surface area contributed by atoms with Crippen LogP contribution in [-0.4, -0.2) is 29.2 Å². The molecule has 0 aliphatic carbocycles. The molecule has 0 aromatic carbocycles. The lowest BCUT2D eigenvalue weighted by molar-refractivity contribution is -0.143. The lowest BCUT2D eigenvalue weighted by Gasteiger charge is -2.26. The fourth-order valence-corrected chi connectivity index (χ4v) is 0.994. The molecular formula is C7H15N5O2. The highest BCUT2D eigenvalue weighted by Crippen LogP contribution is 2.16. The van der Waals surface area contributed by atoms with Crippen molar-refractivity contribution in [2.24, 2.45) is 16.6 Å². The molecule has 0 aromatic rings. The van der Waals surface area contributed by atoms with Gasteiger partial charge in [0.25, 0.3) is 0 Å². The van der Waals surface area contributed by atoms with Crippen LogP contribution in [0.25, 0.3) is 10.4 Å². The molecule has 0 fully saturated rings. The van der Waals surface area contributed by atoms with E-state index in [0.717, 1.165) is 0 Å². The van der Waals surface area contributed by atoms with E-state index in [0.29, 0.717) is 19.4 Å². The van der Waals surface area contributed by atoms with Gasteiger partial charge < -0.3 is 16.6 Å². The van der Waals surface area contributed by atoms with Gasteiger partial charge in [-0.05, 0) is 31.8 Å². The lowest BCUT2D eigenvalue weighted by atomic mass is 9.91. The predicted octanol–water partition coefficient (Wildman–Crippen LogP) is 0.206. The standard InChI is InChI=1S/C7H15N5O2/c1-7(9,6(13)14)5(11-12-10)3-2-4-8/h5H,2-4,8-9H2,1H3,(H,13,14)/t5?,7-/m1/s1. The van der Waals surface area contributed by atoms with Crippen molar-refractivity contribution < 1.29 is 9.90 Å². The number of carboxylic acid groups (broad SMARTS) is 1. The molecule has 1 unspecified atom stereocenters. The molecule has 7 heteroatoms. The summed E-state index contributed by atoms with van der Waals surface area (Å²) in [6, 6.07) is -0.770. The second-order valence-corrected chi connectivity index (χ2v) is 3.24. The smallest absolute Gasteiger partial charge is 0.323 e. The van der Waals surface area contributed by atoms with Gasteiger partial charge in [0, 0.05) is 4.91 Å². The molecule has 0 aliphatic rings. The monoisotopic (exact) mass is 201 g/mol. The molecule has 0 heterocycles. The van der Waals surface area contributed by atoms with Crippen LogP contribution in [0.2, 0.25) is 0 Å². The zero-order chi connectivity index (χ0) is 11.2. The third-order valence-electron chi connectivity index (χ3n) is 2.03. The number of hydrogen-bond donors (Lipinski definition) is 3. The first kappa shape index (κ1) is 12.7. The number of azide groups is 1. The van der Waals surface area contributed by atoms with Crippen LogP contribution in [0, 0.1) is 0 Å². The number of carbonyl (C=O) groups is 1. The molecule has 0 bridgehead atoms. The van der Waals surface area contributed by atoms with Crippen LogP contribution in [0.4, 0.5) is 0 Å². The van der Waals surface area contributed by atoms with Gasteiger partial charge in [0.2, 0.25) is 0 Å². The molecule has 0 spiro atoms. The first-order chi connectivity index (χ1) is 6.46. The molecule has 5 N–H and O–H groups in total. The van der Waals surface area contributed by atoms with Crippen LogP contribution in [0.1, 0.15) is 19.8 Å². The minimum Gasteiger partial charge on any atom is -0.480 e. The van der Waals surface area contributed by atoms with E-state index in [-0.39, 0.29) is 0 Å². The topological polar surface area (TPSA) is 138 Å². The van der Waals surface area contributed by atoms with Crippen molar-refractivity contribution in [1.29, 1.82) is 0 Å². The third kappa shape index (κ3) is 3.21. The summed E-state index contributed by atoms with van der Waals surface area (Å²) in [4.78, 5) is 13.3. The minimum absolute atomic E-state index is 0.375. The van der Waals surface area contributed by atoms with Crippen LogP contribution >= 0.6 is 0 Å². The second-order valence-electron chi connectivity index (χ2n) is 3.24. The summed E-state index contributed by atoms with van der Waals surface area (Å²) < 4.78 is 0. The van der Waals surface area contributed by atoms with Gasteiger partial charge in [0.15, 0.2) is 0 Å². The molecule has 0 radical (unpaired) electrons. The van der Waals surface area contributed by atoms with E-state index in [2.05, 4.69) is 10.0 Å². The Morgan fingerprint density at radius 3 is 2.71 bits per heavy atom. The van der Waals surface area contributed by atoms with Crippen molar-refractivity contribution >= 4 is 5.97 Å². The Bertz CT molecular complexity index is 246. The van der Waals surface area contributed by atoms with E-state index >= 15 is 0 Å². The van der Waals surface area contributed by atoms with Crippen LogP contribution < -0.4 is 11.5 Å². The summed E-state index contributed by atoms with van der Waals surface area (Å²) in [7, 11) is 0. The Kier molecular flexibility index (Phi) is 4.93. The van der Waals surface area contributed by atoms with Crippen LogP contribution in [-0.2, 0) is 4.79 Å². The number of rotatable bonds is 6. The minimum atomic E-state index is -1.54. The van der Waals surface area contributed by atoms with Gasteiger partial charge in [-0.3, -0.25) is 4.79 Å². The Balaban J connectivity index is 4.62. The van der Waals surface area contributed by atoms with Crippen LogP contribution in [0.15, 0.2) is 5.11 Å². The summed E-state index contributed by atoms with van der Waals surface area (Å²) in [5.74, 6) is -1.19. The maximum atomic E-state index is 10.8. The summed E-state index contributed by atoms with van der Waals surface area (Å²) in [5, 5.41) is 12.2. The Morgan fingerprint density at radius 2 is 2.36 bits per heavy atom. The molecule has 0 saturated carbocycles. The summed E-state index contributed by atoms with van der Waals surface area (Å²) in [6.07, 6.45) is 0.948. The van der Waals surface area contributed by atoms with Gasteiger partial charge in [-0.15, -0.1) is 0 Å². The molecule has 2 atom stereocenters. The predicted molar refractivity (Wildman–Crippen MR) is 51.5 cm³/mol. The molecule has 0 saturated heterocycles. The summed E-state index contributed by atoms with van der Waals surface area (Å²) >= 11 is 0. The van der Waals surface area contributed by atoms with E-state index in [9.17, 15) is 4.79 Å². The fourth-order valence-electron chi connectivity index (χ4n) is 0.994. The van der Waals surface area contributed by atoms with E-state index in [1.807, 2.05) is 0 Å². The highest BCUT2D eigenvalue weighted by Gasteiger charge is 2.36. The van der Waals surface area contributed by atoms with Gasteiger partial charge >= 0.3 is 5.97 Å². The largest absolute Gasteiger partial charge is 0.480 e. The van der Waals surface area contributed by atoms with Gasteiger partial charge in [-0.2, -0.15) is 0 Å². The number of carboxylic acids is 1. The van der Waals surface area contributed by atoms with Crippen LogP contribution in [0.3, 0.4) is 0 Å². The quantitative estimate of drug-likeness (QED) is 0.321. The number of nitrogens with two attached hydrogens (primary N) is 2. The molecule has 14 heavy (non-hydrogen) atoms. The van der Waals surface area contributed by atoms with Crippen molar-refractivity contribution in [1.82, 2.24) is 0 Å². The number of aliphatic carboxylic acids is 1. The first-order valence-electron chi connectivity index (χ1n) is 4.23. The second kappa shape index (κ2) is 5.43. The number of nitrogens with zero attached hydrogens (tertiary/aromatic N) is 3. The van der Waals surface area contributed by atoms with E-state index in [4.69, 9.17) is 22.1 Å². The highest BCUT2D eigenvalue weighted by molar-refractivity contribution is 5.79. The van der Waals surface area contributed by atoms with E-state index < -0.39 is 17.6 Å². The Hall–Kier alpha value is -1.30. The molecule has 0 rings (SSSR count). The molecule has 80 valence electrons. The fraction of sp³-hybridized carbons (Fsp3) is 0.857. The number of hydrogen-bond acceptors (Lipinski definition) is 4. The normalized spacial score (nSPS) is 16.5. The molecule has 0 amide bonds. The van der Waals surface area contributed by atoms with Crippen molar-refractivity contribution in [2.45, 2.75) is 31.3 Å². The van der Waals surface area contributed by atoms with Crippen molar-refractivity contribution in [3.63, 3.8) is 0 Å². The molecule has 0 aromatic heterocycles. The zero-order valence-corrected chi connectivity index (χ0v) is 8.05. The highest BCUT2D eigenvalue weighted by atomic mass is 16.4. The average Bonchev–Trinajstić information content (AvgIpc) is 2.11. The third-order valence-corrected chi connectivity index (χ3v) is 2.03. The van der Waals surface area contributed by atoms with Gasteiger partial charge in [0.1, 0.15) is 5.54 Å². The van der Waals surface area contributed by atoms with Crippen molar-refractivity contribution in [3.05, 3.63) is 10.4 Å². The van der Waals surface area contributed by atoms with Crippen molar-refractivity contribution in [2.75, 3.05) is 6.54 Å². The van der Waals surface area contributed by atoms with E-state index in [1.54, 1.807) is 0 Å². The first-order valence-corrected chi connectivity index (χ1v) is 4.23. The Morgan fingerprint density at radius 1 is 1.79 bits per heavy atom. The van der Waals surface area contributed by atoms with E-state index in [1.165, 1.54) is 6.92 Å². The lowest BCUT2D eigenvalue weighted by Crippen LogP contribution is -2.53. The SMILES string of the molecule is C[C@](N)(C(=O)O)C(CCCN)N=[N+]=[N-]. The average molecular weight is 201 g/mol. The molecular weight excluding hydrogens is 186 g/mol. The summed E-state index contributed by atoms with van der Waals surface area (Å²) in [5.41, 5.74) is 17.5. The Labute approximate surface area is 81.7 Å². The zero-order valence-electron chi connectivity index (χ0n) is 8.05. The van der Waals surface area contributed by atoms with Crippen LogP contribution in [0.5, 0.6) is 0 Å².